The summed E-state index contributed by atoms with van der Waals surface area (Å²) in [7, 11) is 1.58. The second-order valence-corrected chi connectivity index (χ2v) is 10.9. The van der Waals surface area contributed by atoms with Crippen molar-refractivity contribution in [2.45, 2.75) is 0 Å². The van der Waals surface area contributed by atoms with Crippen LogP contribution in [0.2, 0.25) is 0 Å². The number of thiazole rings is 1. The van der Waals surface area contributed by atoms with Gasteiger partial charge < -0.3 is 0 Å². The van der Waals surface area contributed by atoms with Crippen LogP contribution in [-0.4, -0.2) is 24.1 Å². The zero-order valence-electron chi connectivity index (χ0n) is 18.5. The Bertz CT molecular complexity index is 1800. The minimum atomic E-state index is -0.214. The van der Waals surface area contributed by atoms with Crippen LogP contribution in [0.1, 0.15) is 4.44 Å². The van der Waals surface area contributed by atoms with E-state index >= 15 is 0 Å². The van der Waals surface area contributed by atoms with Gasteiger partial charge >= 0.3 is 211 Å². The topological polar surface area (TPSA) is 85.7 Å². The fraction of sp³-hybridized carbons (Fsp3) is 0.0370. The fourth-order valence-electron chi connectivity index (χ4n) is 3.70. The molecule has 0 radical (unpaired) electrons. The number of rotatable bonds is 4. The Labute approximate surface area is 210 Å². The van der Waals surface area contributed by atoms with Crippen LogP contribution in [-0.2, 0) is 7.05 Å². The summed E-state index contributed by atoms with van der Waals surface area (Å²) >= 11 is 1.08. The van der Waals surface area contributed by atoms with Crippen LogP contribution in [0.15, 0.2) is 83.7 Å². The Kier molecular flexibility index (Phi) is 6.18. The second-order valence-electron chi connectivity index (χ2n) is 7.59. The van der Waals surface area contributed by atoms with E-state index in [1.807, 2.05) is 72.8 Å². The minimum absolute atomic E-state index is 0.0587. The van der Waals surface area contributed by atoms with Gasteiger partial charge in [-0.3, -0.25) is 0 Å². The van der Waals surface area contributed by atoms with E-state index in [4.69, 9.17) is 4.98 Å². The predicted octanol–water partition coefficient (Wildman–Crippen LogP) is 3.55. The van der Waals surface area contributed by atoms with Crippen LogP contribution in [0.5, 0.6) is 0 Å². The standard InChI is InChI=1S/C27H17N5OSSe/c1-31-26(33)23(34-27(31)19(16-28)17-29)15-21-12-14-25(35-21)32(20-8-3-2-4-9-20)24-13-11-18-7-5-6-10-22(18)30-24/h2-15H,1H3/b23-15+. The molecule has 0 aliphatic rings. The van der Waals surface area contributed by atoms with Crippen molar-refractivity contribution in [2.75, 3.05) is 4.90 Å². The number of anilines is 3. The number of nitriles is 2. The molecule has 0 unspecified atom stereocenters. The number of fused-ring (bicyclic) bond motifs is 1. The van der Waals surface area contributed by atoms with E-state index in [1.54, 1.807) is 7.05 Å². The number of para-hydroxylation sites is 2. The Morgan fingerprint density at radius 1 is 1.00 bits per heavy atom. The van der Waals surface area contributed by atoms with E-state index in [-0.39, 0.29) is 25.6 Å². The number of hydrogen-bond donors (Lipinski definition) is 0. The monoisotopic (exact) mass is 539 g/mol. The van der Waals surface area contributed by atoms with Gasteiger partial charge in [0.15, 0.2) is 0 Å². The fourth-order valence-corrected chi connectivity index (χ4v) is 6.96. The summed E-state index contributed by atoms with van der Waals surface area (Å²) in [5.41, 5.74) is 1.66. The first-order valence-electron chi connectivity index (χ1n) is 10.6. The van der Waals surface area contributed by atoms with Gasteiger partial charge in [0.05, 0.1) is 0 Å². The molecule has 0 bridgehead atoms. The first kappa shape index (κ1) is 22.6. The van der Waals surface area contributed by atoms with Crippen molar-refractivity contribution in [3.05, 3.63) is 103 Å². The average Bonchev–Trinajstić information content (AvgIpc) is 3.46. The van der Waals surface area contributed by atoms with E-state index in [2.05, 4.69) is 29.2 Å². The SMILES string of the molecule is Cn1c(=C(C#N)C#N)s/c(=C/c2ccc(N(c3ccccc3)c3ccc4ccccc4n3)[se]2)c1=O. The number of pyridine rings is 1. The first-order chi connectivity index (χ1) is 17.1. The van der Waals surface area contributed by atoms with Gasteiger partial charge in [-0.05, 0) is 0 Å². The zero-order chi connectivity index (χ0) is 24.4. The summed E-state index contributed by atoms with van der Waals surface area (Å²) in [5.74, 6) is 0.828. The molecular weight excluding hydrogens is 521 g/mol. The summed E-state index contributed by atoms with van der Waals surface area (Å²) in [4.78, 5) is 19.8. The van der Waals surface area contributed by atoms with Crippen LogP contribution >= 0.6 is 11.3 Å². The van der Waals surface area contributed by atoms with E-state index < -0.39 is 0 Å². The van der Waals surface area contributed by atoms with Crippen molar-refractivity contribution in [1.29, 1.82) is 10.5 Å². The van der Waals surface area contributed by atoms with Gasteiger partial charge in [0, 0.05) is 0 Å². The molecule has 168 valence electrons. The number of nitrogens with zero attached hydrogens (tertiary/aromatic N) is 5. The van der Waals surface area contributed by atoms with Gasteiger partial charge in [-0.25, -0.2) is 0 Å². The first-order valence-corrected chi connectivity index (χ1v) is 13.1. The van der Waals surface area contributed by atoms with E-state index in [9.17, 15) is 15.3 Å². The van der Waals surface area contributed by atoms with Crippen molar-refractivity contribution < 1.29 is 0 Å². The Hall–Kier alpha value is -4.20. The molecule has 0 aliphatic carbocycles. The van der Waals surface area contributed by atoms with Crippen LogP contribution in [0.4, 0.5) is 16.1 Å². The molecule has 0 aliphatic heterocycles. The second kappa shape index (κ2) is 9.58. The molecular formula is C27H17N5OSSe. The Morgan fingerprint density at radius 2 is 1.74 bits per heavy atom. The normalized spacial score (nSPS) is 11.2. The summed E-state index contributed by atoms with van der Waals surface area (Å²) in [6.07, 6.45) is 1.86. The van der Waals surface area contributed by atoms with Crippen LogP contribution in [0, 0.1) is 22.7 Å². The number of hydrogen-bond acceptors (Lipinski definition) is 6. The molecule has 0 amide bonds. The molecule has 0 N–H and O–H groups in total. The van der Waals surface area contributed by atoms with Gasteiger partial charge in [-0.1, -0.05) is 0 Å². The molecule has 35 heavy (non-hydrogen) atoms. The maximum absolute atomic E-state index is 12.7. The molecule has 5 rings (SSSR count). The van der Waals surface area contributed by atoms with Crippen molar-refractivity contribution in [3.8, 4) is 12.1 Å². The van der Waals surface area contributed by atoms with Crippen molar-refractivity contribution in [2.24, 2.45) is 7.05 Å². The molecule has 2 aromatic carbocycles. The van der Waals surface area contributed by atoms with E-state index in [1.165, 1.54) is 15.9 Å². The summed E-state index contributed by atoms with van der Waals surface area (Å²) in [5, 5.41) is 19.5. The molecule has 0 fully saturated rings. The molecule has 8 heteroatoms. The van der Waals surface area contributed by atoms with E-state index in [0.717, 1.165) is 31.4 Å². The van der Waals surface area contributed by atoms with Gasteiger partial charge in [0.25, 0.3) is 0 Å². The molecule has 0 saturated heterocycles. The molecule has 0 spiro atoms. The zero-order valence-corrected chi connectivity index (χ0v) is 21.1. The third kappa shape index (κ3) is 4.35. The molecule has 3 heterocycles. The van der Waals surface area contributed by atoms with E-state index in [0.29, 0.717) is 9.20 Å². The van der Waals surface area contributed by atoms with Crippen molar-refractivity contribution in [1.82, 2.24) is 9.55 Å². The van der Waals surface area contributed by atoms with Crippen LogP contribution in [0.3, 0.4) is 0 Å². The molecule has 0 saturated carbocycles. The molecule has 6 nitrogen and oxygen atoms in total. The van der Waals surface area contributed by atoms with Gasteiger partial charge in [-0.15, -0.1) is 0 Å². The number of benzene rings is 2. The third-order valence-corrected chi connectivity index (χ3v) is 8.72. The summed E-state index contributed by atoms with van der Waals surface area (Å²) < 4.78 is 4.35. The molecule has 3 aromatic heterocycles. The Balaban J connectivity index is 1.63. The van der Waals surface area contributed by atoms with Crippen molar-refractivity contribution in [3.63, 3.8) is 0 Å². The Morgan fingerprint density at radius 3 is 2.51 bits per heavy atom. The maximum atomic E-state index is 12.7. The van der Waals surface area contributed by atoms with Gasteiger partial charge in [0.2, 0.25) is 0 Å². The average molecular weight is 538 g/mol. The van der Waals surface area contributed by atoms with Crippen LogP contribution < -0.4 is 19.7 Å². The van der Waals surface area contributed by atoms with Gasteiger partial charge in [-0.2, -0.15) is 0 Å². The number of aromatic nitrogens is 2. The predicted molar refractivity (Wildman–Crippen MR) is 140 cm³/mol. The van der Waals surface area contributed by atoms with Gasteiger partial charge in [0.1, 0.15) is 0 Å². The van der Waals surface area contributed by atoms with Crippen LogP contribution in [0.25, 0.3) is 22.6 Å². The summed E-state index contributed by atoms with van der Waals surface area (Å²) in [6.45, 7) is 0. The summed E-state index contributed by atoms with van der Waals surface area (Å²) in [6, 6.07) is 30.1. The molecule has 5 aromatic rings. The molecule has 0 atom stereocenters. The third-order valence-electron chi connectivity index (χ3n) is 5.40. The van der Waals surface area contributed by atoms with Crippen molar-refractivity contribution >= 4 is 64.5 Å². The quantitative estimate of drug-likeness (QED) is 0.327.